The van der Waals surface area contributed by atoms with Crippen LogP contribution in [0.2, 0.25) is 0 Å². The highest BCUT2D eigenvalue weighted by atomic mass is 19.1. The fourth-order valence-corrected chi connectivity index (χ4v) is 4.95. The number of aromatic nitrogens is 6. The SMILES string of the molecule is CN(C)CCNc1cc(F)cc(-c2ccnc3nc(-c4[nH]nc5c(F)cc(-c6cncc(NC(=O)C(C)(C)C)c6)cc45)[nH]c23)c1. The molecule has 0 spiro atoms. The summed E-state index contributed by atoms with van der Waals surface area (Å²) in [5.41, 5.74) is 4.73. The molecule has 1 amide bonds. The number of imidazole rings is 1. The van der Waals surface area contributed by atoms with E-state index in [9.17, 15) is 9.18 Å². The van der Waals surface area contributed by atoms with Gasteiger partial charge in [-0.25, -0.2) is 18.7 Å². The second kappa shape index (κ2) is 11.7. The highest BCUT2D eigenvalue weighted by Gasteiger charge is 2.22. The van der Waals surface area contributed by atoms with E-state index in [1.807, 2.05) is 45.8 Å². The van der Waals surface area contributed by atoms with Gasteiger partial charge in [0.2, 0.25) is 5.91 Å². The van der Waals surface area contributed by atoms with Crippen LogP contribution in [-0.2, 0) is 4.79 Å². The first-order valence-electron chi connectivity index (χ1n) is 14.5. The number of H-pyrrole nitrogens is 2. The van der Waals surface area contributed by atoms with Crippen LogP contribution in [0.1, 0.15) is 20.8 Å². The number of fused-ring (bicyclic) bond motifs is 2. The number of benzene rings is 2. The lowest BCUT2D eigenvalue weighted by molar-refractivity contribution is -0.123. The Labute approximate surface area is 258 Å². The first-order valence-corrected chi connectivity index (χ1v) is 14.5. The number of anilines is 2. The summed E-state index contributed by atoms with van der Waals surface area (Å²) in [6, 6.07) is 11.5. The highest BCUT2D eigenvalue weighted by molar-refractivity contribution is 5.98. The van der Waals surface area contributed by atoms with Gasteiger partial charge in [0, 0.05) is 53.1 Å². The molecule has 0 bridgehead atoms. The number of aromatic amines is 2. The van der Waals surface area contributed by atoms with Crippen molar-refractivity contribution in [3.63, 3.8) is 0 Å². The monoisotopic (exact) mass is 609 g/mol. The maximum absolute atomic E-state index is 15.4. The molecule has 0 fully saturated rings. The van der Waals surface area contributed by atoms with Gasteiger partial charge in [-0.05, 0) is 67.7 Å². The molecule has 10 nitrogen and oxygen atoms in total. The van der Waals surface area contributed by atoms with Crippen LogP contribution in [0, 0.1) is 17.0 Å². The van der Waals surface area contributed by atoms with Crippen LogP contribution in [0.15, 0.2) is 61.1 Å². The molecule has 0 radical (unpaired) electrons. The van der Waals surface area contributed by atoms with E-state index in [4.69, 9.17) is 0 Å². The molecule has 6 rings (SSSR count). The van der Waals surface area contributed by atoms with E-state index in [2.05, 4.69) is 40.8 Å². The Balaban J connectivity index is 1.38. The Hall–Kier alpha value is -5.23. The number of pyridine rings is 2. The van der Waals surface area contributed by atoms with E-state index >= 15 is 4.39 Å². The molecule has 0 atom stereocenters. The fourth-order valence-electron chi connectivity index (χ4n) is 4.95. The number of halogens is 2. The zero-order valence-corrected chi connectivity index (χ0v) is 25.6. The quantitative estimate of drug-likeness (QED) is 0.156. The second-order valence-electron chi connectivity index (χ2n) is 12.2. The number of carbonyl (C=O) groups is 1. The number of nitrogens with zero attached hydrogens (tertiary/aromatic N) is 5. The minimum absolute atomic E-state index is 0.145. The van der Waals surface area contributed by atoms with Gasteiger partial charge in [0.1, 0.15) is 17.0 Å². The Morgan fingerprint density at radius 3 is 2.56 bits per heavy atom. The van der Waals surface area contributed by atoms with E-state index in [0.29, 0.717) is 68.2 Å². The van der Waals surface area contributed by atoms with Gasteiger partial charge in [0.25, 0.3) is 0 Å². The average molecular weight is 610 g/mol. The molecule has 0 saturated carbocycles. The number of hydrogen-bond donors (Lipinski definition) is 4. The Morgan fingerprint density at radius 1 is 0.978 bits per heavy atom. The molecule has 0 unspecified atom stereocenters. The third-order valence-electron chi connectivity index (χ3n) is 7.35. The first-order chi connectivity index (χ1) is 21.5. The molecule has 4 aromatic heterocycles. The summed E-state index contributed by atoms with van der Waals surface area (Å²) in [6.45, 7) is 6.92. The number of likely N-dealkylation sites (N-methyl/N-ethyl adjacent to an activating group) is 1. The van der Waals surface area contributed by atoms with E-state index < -0.39 is 11.2 Å². The van der Waals surface area contributed by atoms with Crippen molar-refractivity contribution in [2.24, 2.45) is 5.41 Å². The van der Waals surface area contributed by atoms with Crippen LogP contribution in [0.3, 0.4) is 0 Å². The molecule has 12 heteroatoms. The Morgan fingerprint density at radius 2 is 1.78 bits per heavy atom. The van der Waals surface area contributed by atoms with Crippen molar-refractivity contribution in [2.75, 3.05) is 37.8 Å². The van der Waals surface area contributed by atoms with Crippen LogP contribution >= 0.6 is 0 Å². The predicted molar refractivity (Wildman–Crippen MR) is 173 cm³/mol. The Kier molecular flexibility index (Phi) is 7.75. The summed E-state index contributed by atoms with van der Waals surface area (Å²) in [7, 11) is 3.95. The number of carbonyl (C=O) groups excluding carboxylic acids is 1. The van der Waals surface area contributed by atoms with Crippen molar-refractivity contribution in [3.05, 3.63) is 72.7 Å². The van der Waals surface area contributed by atoms with E-state index in [0.717, 1.165) is 6.54 Å². The van der Waals surface area contributed by atoms with Gasteiger partial charge in [-0.3, -0.25) is 14.9 Å². The summed E-state index contributed by atoms with van der Waals surface area (Å²) in [5, 5.41) is 13.8. The van der Waals surface area contributed by atoms with Crippen molar-refractivity contribution < 1.29 is 13.6 Å². The van der Waals surface area contributed by atoms with Crippen molar-refractivity contribution in [1.29, 1.82) is 0 Å². The molecular weight excluding hydrogens is 576 g/mol. The summed E-state index contributed by atoms with van der Waals surface area (Å²) in [6.07, 6.45) is 4.77. The van der Waals surface area contributed by atoms with Crippen molar-refractivity contribution in [3.8, 4) is 33.8 Å². The zero-order chi connectivity index (χ0) is 31.9. The molecule has 2 aromatic carbocycles. The van der Waals surface area contributed by atoms with E-state index in [-0.39, 0.29) is 17.2 Å². The van der Waals surface area contributed by atoms with Gasteiger partial charge < -0.3 is 20.5 Å². The van der Waals surface area contributed by atoms with Gasteiger partial charge in [-0.2, -0.15) is 5.10 Å². The van der Waals surface area contributed by atoms with Gasteiger partial charge in [0.15, 0.2) is 17.3 Å². The first kappa shape index (κ1) is 29.8. The molecule has 6 aromatic rings. The van der Waals surface area contributed by atoms with Crippen molar-refractivity contribution >= 4 is 39.3 Å². The Bertz CT molecular complexity index is 2040. The van der Waals surface area contributed by atoms with Crippen molar-refractivity contribution in [2.45, 2.75) is 20.8 Å². The molecule has 0 saturated heterocycles. The molecule has 4 N–H and O–H groups in total. The minimum atomic E-state index is -0.589. The second-order valence-corrected chi connectivity index (χ2v) is 12.2. The maximum atomic E-state index is 15.4. The van der Waals surface area contributed by atoms with Crippen LogP contribution in [0.4, 0.5) is 20.2 Å². The van der Waals surface area contributed by atoms with Gasteiger partial charge in [0.05, 0.1) is 17.4 Å². The fraction of sp³-hybridized carbons (Fsp3) is 0.242. The minimum Gasteiger partial charge on any atom is -0.384 e. The molecule has 0 aliphatic heterocycles. The van der Waals surface area contributed by atoms with Gasteiger partial charge in [-0.15, -0.1) is 0 Å². The molecule has 4 heterocycles. The van der Waals surface area contributed by atoms with Crippen LogP contribution < -0.4 is 10.6 Å². The smallest absolute Gasteiger partial charge is 0.229 e. The van der Waals surface area contributed by atoms with E-state index in [1.54, 1.807) is 36.8 Å². The summed E-state index contributed by atoms with van der Waals surface area (Å²) in [4.78, 5) is 31.2. The van der Waals surface area contributed by atoms with Crippen LogP contribution in [0.5, 0.6) is 0 Å². The lowest BCUT2D eigenvalue weighted by Gasteiger charge is -2.17. The molecule has 45 heavy (non-hydrogen) atoms. The summed E-state index contributed by atoms with van der Waals surface area (Å²) >= 11 is 0. The van der Waals surface area contributed by atoms with Crippen molar-refractivity contribution in [1.82, 2.24) is 35.0 Å². The largest absolute Gasteiger partial charge is 0.384 e. The molecular formula is C33H33F2N9O. The van der Waals surface area contributed by atoms with Crippen LogP contribution in [0.25, 0.3) is 55.8 Å². The lowest BCUT2D eigenvalue weighted by Crippen LogP contribution is -2.27. The number of hydrogen-bond acceptors (Lipinski definition) is 7. The normalized spacial score (nSPS) is 11.9. The number of nitrogens with one attached hydrogen (secondary N) is 4. The highest BCUT2D eigenvalue weighted by Crippen LogP contribution is 2.35. The predicted octanol–water partition coefficient (Wildman–Crippen LogP) is 6.47. The van der Waals surface area contributed by atoms with Crippen LogP contribution in [-0.4, -0.2) is 68.1 Å². The summed E-state index contributed by atoms with van der Waals surface area (Å²) < 4.78 is 30.1. The van der Waals surface area contributed by atoms with Gasteiger partial charge in [-0.1, -0.05) is 20.8 Å². The number of amides is 1. The zero-order valence-electron chi connectivity index (χ0n) is 25.6. The average Bonchev–Trinajstić information content (AvgIpc) is 3.61. The topological polar surface area (TPSA) is 128 Å². The third kappa shape index (κ3) is 6.22. The molecule has 0 aliphatic rings. The number of rotatable bonds is 8. The standard InChI is InChI=1S/C33H33F2N9O/c1-33(2,3)32(45)39-23-12-20(16-36-17-23)18-13-25-27(26(35)14-18)42-43-29(25)31-40-28-24(6-7-38-30(28)41-31)19-10-21(34)15-22(11-19)37-8-9-44(4)5/h6-7,10-17,37H,8-9H2,1-5H3,(H,39,45)(H,42,43)(H,38,40,41). The molecule has 0 aliphatic carbocycles. The maximum Gasteiger partial charge on any atom is 0.229 e. The van der Waals surface area contributed by atoms with E-state index in [1.165, 1.54) is 18.2 Å². The summed E-state index contributed by atoms with van der Waals surface area (Å²) in [5.74, 6) is -0.663. The van der Waals surface area contributed by atoms with Gasteiger partial charge >= 0.3 is 0 Å². The molecule has 230 valence electrons. The lowest BCUT2D eigenvalue weighted by atomic mass is 9.95. The third-order valence-corrected chi connectivity index (χ3v) is 7.35.